The molecule has 0 fully saturated rings. The normalized spacial score (nSPS) is 10.7. The van der Waals surface area contributed by atoms with Crippen molar-refractivity contribution in [2.24, 2.45) is 0 Å². The summed E-state index contributed by atoms with van der Waals surface area (Å²) in [4.78, 5) is 16.5. The van der Waals surface area contributed by atoms with Crippen molar-refractivity contribution in [3.63, 3.8) is 0 Å². The highest BCUT2D eigenvalue weighted by Gasteiger charge is 2.17. The second kappa shape index (κ2) is 5.52. The molecule has 110 valence electrons. The van der Waals surface area contributed by atoms with Gasteiger partial charge in [0.1, 0.15) is 17.2 Å². The van der Waals surface area contributed by atoms with E-state index in [-0.39, 0.29) is 0 Å². The number of nitrogens with one attached hydrogen (secondary N) is 1. The molecular formula is C17H12F2N2O. The van der Waals surface area contributed by atoms with Gasteiger partial charge in [-0.1, -0.05) is 12.1 Å². The van der Waals surface area contributed by atoms with E-state index in [1.54, 1.807) is 12.1 Å². The first-order valence-electron chi connectivity index (χ1n) is 6.68. The van der Waals surface area contributed by atoms with E-state index in [4.69, 9.17) is 0 Å². The molecule has 1 amide bonds. The second-order valence-electron chi connectivity index (χ2n) is 4.88. The fourth-order valence-electron chi connectivity index (χ4n) is 2.27. The number of anilines is 1. The van der Waals surface area contributed by atoms with Gasteiger partial charge in [-0.15, -0.1) is 0 Å². The number of benzene rings is 2. The molecule has 0 saturated heterocycles. The van der Waals surface area contributed by atoms with Gasteiger partial charge in [0.25, 0.3) is 5.91 Å². The Morgan fingerprint density at radius 2 is 1.68 bits per heavy atom. The van der Waals surface area contributed by atoms with Crippen LogP contribution in [-0.2, 0) is 0 Å². The molecule has 1 aromatic heterocycles. The monoisotopic (exact) mass is 298 g/mol. The number of hydrogen-bond acceptors (Lipinski definition) is 2. The molecule has 0 spiro atoms. The van der Waals surface area contributed by atoms with Gasteiger partial charge in [-0.2, -0.15) is 0 Å². The maximum absolute atomic E-state index is 13.7. The van der Waals surface area contributed by atoms with Crippen molar-refractivity contribution in [3.05, 3.63) is 71.4 Å². The van der Waals surface area contributed by atoms with Crippen LogP contribution in [0.25, 0.3) is 10.9 Å². The summed E-state index contributed by atoms with van der Waals surface area (Å²) < 4.78 is 27.3. The van der Waals surface area contributed by atoms with Crippen molar-refractivity contribution in [3.8, 4) is 0 Å². The summed E-state index contributed by atoms with van der Waals surface area (Å²) in [7, 11) is 0. The fraction of sp³-hybridized carbons (Fsp3) is 0.0588. The van der Waals surface area contributed by atoms with Crippen molar-refractivity contribution < 1.29 is 13.6 Å². The molecule has 3 aromatic rings. The molecule has 0 aliphatic carbocycles. The van der Waals surface area contributed by atoms with Crippen LogP contribution < -0.4 is 5.32 Å². The molecular weight excluding hydrogens is 286 g/mol. The minimum Gasteiger partial charge on any atom is -0.321 e. The maximum atomic E-state index is 13.7. The summed E-state index contributed by atoms with van der Waals surface area (Å²) in [6, 6.07) is 12.1. The summed E-state index contributed by atoms with van der Waals surface area (Å²) in [6.45, 7) is 1.86. The lowest BCUT2D eigenvalue weighted by Crippen LogP contribution is -2.16. The standard InChI is InChI=1S/C17H12F2N2O/c1-10-8-9-11-14(20-10)6-3-7-15(11)21-17(22)16-12(18)4-2-5-13(16)19/h2-9H,1H3,(H,21,22). The molecule has 3 nitrogen and oxygen atoms in total. The third-order valence-electron chi connectivity index (χ3n) is 3.31. The van der Waals surface area contributed by atoms with Gasteiger partial charge in [0.15, 0.2) is 0 Å². The zero-order valence-electron chi connectivity index (χ0n) is 11.7. The Balaban J connectivity index is 2.02. The fourth-order valence-corrected chi connectivity index (χ4v) is 2.27. The van der Waals surface area contributed by atoms with Crippen LogP contribution in [0.5, 0.6) is 0 Å². The summed E-state index contributed by atoms with van der Waals surface area (Å²) in [5, 5.41) is 3.25. The van der Waals surface area contributed by atoms with Gasteiger partial charge in [-0.3, -0.25) is 9.78 Å². The van der Waals surface area contributed by atoms with Crippen LogP contribution in [0.2, 0.25) is 0 Å². The number of hydrogen-bond donors (Lipinski definition) is 1. The first-order chi connectivity index (χ1) is 10.6. The van der Waals surface area contributed by atoms with E-state index < -0.39 is 23.1 Å². The maximum Gasteiger partial charge on any atom is 0.261 e. The quantitative estimate of drug-likeness (QED) is 0.774. The van der Waals surface area contributed by atoms with Gasteiger partial charge in [-0.05, 0) is 43.3 Å². The average Bonchev–Trinajstić information content (AvgIpc) is 2.47. The third kappa shape index (κ3) is 2.53. The lowest BCUT2D eigenvalue weighted by molar-refractivity contribution is 0.101. The van der Waals surface area contributed by atoms with Crippen molar-refractivity contribution >= 4 is 22.5 Å². The molecule has 0 radical (unpaired) electrons. The predicted molar refractivity (Wildman–Crippen MR) is 80.8 cm³/mol. The largest absolute Gasteiger partial charge is 0.321 e. The number of halogens is 2. The van der Waals surface area contributed by atoms with Crippen LogP contribution >= 0.6 is 0 Å². The van der Waals surface area contributed by atoms with Gasteiger partial charge in [0.05, 0.1) is 11.2 Å². The lowest BCUT2D eigenvalue weighted by Gasteiger charge is -2.10. The van der Waals surface area contributed by atoms with Crippen LogP contribution in [0.15, 0.2) is 48.5 Å². The Morgan fingerprint density at radius 1 is 1.00 bits per heavy atom. The number of aromatic nitrogens is 1. The van der Waals surface area contributed by atoms with Crippen LogP contribution in [0, 0.1) is 18.6 Å². The zero-order chi connectivity index (χ0) is 15.7. The minimum absolute atomic E-state index is 0.456. The molecule has 0 saturated carbocycles. The van der Waals surface area contributed by atoms with Crippen LogP contribution in [0.1, 0.15) is 16.1 Å². The van der Waals surface area contributed by atoms with Gasteiger partial charge in [-0.25, -0.2) is 8.78 Å². The SMILES string of the molecule is Cc1ccc2c(NC(=O)c3c(F)cccc3F)cccc2n1. The molecule has 1 heterocycles. The predicted octanol–water partition coefficient (Wildman–Crippen LogP) is 4.07. The number of carbonyl (C=O) groups excluding carboxylic acids is 1. The summed E-state index contributed by atoms with van der Waals surface area (Å²) in [5.41, 5.74) is 1.40. The Hall–Kier alpha value is -2.82. The lowest BCUT2D eigenvalue weighted by atomic mass is 10.1. The highest BCUT2D eigenvalue weighted by atomic mass is 19.1. The van der Waals surface area contributed by atoms with Gasteiger partial charge in [0.2, 0.25) is 0 Å². The molecule has 5 heteroatoms. The summed E-state index contributed by atoms with van der Waals surface area (Å²) >= 11 is 0. The van der Waals surface area contributed by atoms with E-state index in [1.807, 2.05) is 25.1 Å². The first-order valence-corrected chi connectivity index (χ1v) is 6.68. The molecule has 0 aliphatic rings. The van der Waals surface area contributed by atoms with E-state index in [1.165, 1.54) is 6.07 Å². The van der Waals surface area contributed by atoms with Crippen molar-refractivity contribution in [2.75, 3.05) is 5.32 Å². The first kappa shape index (κ1) is 14.1. The number of pyridine rings is 1. The summed E-state index contributed by atoms with van der Waals surface area (Å²) in [5.74, 6) is -2.62. The van der Waals surface area contributed by atoms with Gasteiger partial charge < -0.3 is 5.32 Å². The number of fused-ring (bicyclic) bond motifs is 1. The van der Waals surface area contributed by atoms with E-state index >= 15 is 0 Å². The van der Waals surface area contributed by atoms with Crippen LogP contribution in [-0.4, -0.2) is 10.9 Å². The number of amides is 1. The number of aryl methyl sites for hydroxylation is 1. The van der Waals surface area contributed by atoms with Gasteiger partial charge >= 0.3 is 0 Å². The Kier molecular flexibility index (Phi) is 3.55. The molecule has 2 aromatic carbocycles. The average molecular weight is 298 g/mol. The van der Waals surface area contributed by atoms with Crippen LogP contribution in [0.4, 0.5) is 14.5 Å². The van der Waals surface area contributed by atoms with E-state index in [0.29, 0.717) is 16.6 Å². The minimum atomic E-state index is -0.897. The zero-order valence-corrected chi connectivity index (χ0v) is 11.7. The summed E-state index contributed by atoms with van der Waals surface area (Å²) in [6.07, 6.45) is 0. The van der Waals surface area contributed by atoms with E-state index in [2.05, 4.69) is 10.3 Å². The van der Waals surface area contributed by atoms with Crippen LogP contribution in [0.3, 0.4) is 0 Å². The van der Waals surface area contributed by atoms with Crippen molar-refractivity contribution in [1.29, 1.82) is 0 Å². The molecule has 0 unspecified atom stereocenters. The number of nitrogens with zero attached hydrogens (tertiary/aromatic N) is 1. The van der Waals surface area contributed by atoms with E-state index in [0.717, 1.165) is 17.8 Å². The molecule has 0 bridgehead atoms. The molecule has 22 heavy (non-hydrogen) atoms. The van der Waals surface area contributed by atoms with Crippen molar-refractivity contribution in [2.45, 2.75) is 6.92 Å². The number of rotatable bonds is 2. The number of carbonyl (C=O) groups is 1. The topological polar surface area (TPSA) is 42.0 Å². The van der Waals surface area contributed by atoms with Crippen molar-refractivity contribution in [1.82, 2.24) is 4.98 Å². The Labute approximate surface area is 125 Å². The second-order valence-corrected chi connectivity index (χ2v) is 4.88. The Bertz CT molecular complexity index is 857. The molecule has 0 aliphatic heterocycles. The van der Waals surface area contributed by atoms with E-state index in [9.17, 15) is 13.6 Å². The van der Waals surface area contributed by atoms with Gasteiger partial charge in [0, 0.05) is 11.1 Å². The third-order valence-corrected chi connectivity index (χ3v) is 3.31. The highest BCUT2D eigenvalue weighted by molar-refractivity contribution is 6.08. The molecule has 3 rings (SSSR count). The molecule has 1 N–H and O–H groups in total. The molecule has 0 atom stereocenters. The Morgan fingerprint density at radius 3 is 2.41 bits per heavy atom. The smallest absolute Gasteiger partial charge is 0.261 e. The highest BCUT2D eigenvalue weighted by Crippen LogP contribution is 2.23.